The molecule has 0 aliphatic heterocycles. The van der Waals surface area contributed by atoms with Gasteiger partial charge in [-0.05, 0) is 52.8 Å². The van der Waals surface area contributed by atoms with Crippen LogP contribution in [0.2, 0.25) is 0 Å². The summed E-state index contributed by atoms with van der Waals surface area (Å²) in [6.45, 7) is 15.2. The molecule has 1 N–H and O–H groups in total. The first-order valence-corrected chi connectivity index (χ1v) is 11.6. The van der Waals surface area contributed by atoms with Gasteiger partial charge in [0.2, 0.25) is 5.95 Å². The molecule has 2 rings (SSSR count). The number of nitrogens with zero attached hydrogens (tertiary/aromatic N) is 3. The van der Waals surface area contributed by atoms with Crippen LogP contribution in [0.1, 0.15) is 82.0 Å². The van der Waals surface area contributed by atoms with Crippen LogP contribution in [0.15, 0.2) is 47.1 Å². The number of allylic oxidation sites excluding steroid dienone is 6. The number of hydrogen-bond donors (Lipinski definition) is 1. The number of carbonyl (C=O) groups is 2. The zero-order valence-electron chi connectivity index (χ0n) is 22.5. The smallest absolute Gasteiger partial charge is 0.359 e. The minimum Gasteiger partial charge on any atom is -0.468 e. The Kier molecular flexibility index (Phi) is 8.55. The number of esters is 1. The van der Waals surface area contributed by atoms with Crippen molar-refractivity contribution in [3.05, 3.63) is 59.7 Å². The van der Waals surface area contributed by atoms with Crippen molar-refractivity contribution in [3.8, 4) is 0 Å². The van der Waals surface area contributed by atoms with Crippen LogP contribution >= 0.6 is 0 Å². The highest BCUT2D eigenvalue weighted by molar-refractivity contribution is 6.07. The van der Waals surface area contributed by atoms with Gasteiger partial charge in [-0.3, -0.25) is 9.36 Å². The van der Waals surface area contributed by atoms with Crippen molar-refractivity contribution in [3.63, 3.8) is 0 Å². The molecule has 35 heavy (non-hydrogen) atoms. The highest BCUT2D eigenvalue weighted by Crippen LogP contribution is 2.31. The molecular weight excluding hydrogens is 444 g/mol. The lowest BCUT2D eigenvalue weighted by atomic mass is 9.93. The van der Waals surface area contributed by atoms with Crippen LogP contribution in [0.4, 0.5) is 11.8 Å². The molecule has 0 aliphatic rings. The molecule has 1 amide bonds. The van der Waals surface area contributed by atoms with E-state index < -0.39 is 17.5 Å². The number of carbonyl (C=O) groups excluding carboxylic acids is 2. The fourth-order valence-electron chi connectivity index (χ4n) is 3.15. The number of nitrogens with one attached hydrogen (secondary N) is 1. The molecule has 8 nitrogen and oxygen atoms in total. The SMILES string of the molecule is C\C=C/C=C(\C=C/C)n1c(N(C)C)nc(NC(=O)c2coc(C(C)(C)C)c2)c1C(=O)OC(C)(C)C. The zero-order chi connectivity index (χ0) is 26.6. The second kappa shape index (κ2) is 10.8. The maximum atomic E-state index is 13.4. The molecule has 0 saturated carbocycles. The Morgan fingerprint density at radius 1 is 1.11 bits per heavy atom. The summed E-state index contributed by atoms with van der Waals surface area (Å²) in [6.07, 6.45) is 10.7. The Bertz CT molecular complexity index is 1150. The number of imidazole rings is 1. The van der Waals surface area contributed by atoms with Gasteiger partial charge in [-0.2, -0.15) is 4.98 Å². The van der Waals surface area contributed by atoms with Gasteiger partial charge in [-0.15, -0.1) is 0 Å². The molecule has 2 heterocycles. The van der Waals surface area contributed by atoms with Gasteiger partial charge >= 0.3 is 5.97 Å². The molecule has 8 heteroatoms. The van der Waals surface area contributed by atoms with Crippen LogP contribution in [0, 0.1) is 0 Å². The maximum Gasteiger partial charge on any atom is 0.359 e. The first-order chi connectivity index (χ1) is 16.2. The quantitative estimate of drug-likeness (QED) is 0.382. The fourth-order valence-corrected chi connectivity index (χ4v) is 3.15. The first kappa shape index (κ1) is 27.7. The summed E-state index contributed by atoms with van der Waals surface area (Å²) in [5.41, 5.74) is 0.140. The largest absolute Gasteiger partial charge is 0.468 e. The first-order valence-electron chi connectivity index (χ1n) is 11.6. The summed E-state index contributed by atoms with van der Waals surface area (Å²) in [4.78, 5) is 33.0. The van der Waals surface area contributed by atoms with Crippen molar-refractivity contribution in [2.75, 3.05) is 24.3 Å². The van der Waals surface area contributed by atoms with Crippen molar-refractivity contribution in [1.82, 2.24) is 9.55 Å². The van der Waals surface area contributed by atoms with Gasteiger partial charge in [0.15, 0.2) is 11.5 Å². The number of rotatable bonds is 7. The number of aromatic nitrogens is 2. The fraction of sp³-hybridized carbons (Fsp3) is 0.444. The van der Waals surface area contributed by atoms with Gasteiger partial charge < -0.3 is 19.4 Å². The second-order valence-corrected chi connectivity index (χ2v) is 10.4. The lowest BCUT2D eigenvalue weighted by Gasteiger charge is -2.21. The van der Waals surface area contributed by atoms with Crippen molar-refractivity contribution in [2.24, 2.45) is 0 Å². The Morgan fingerprint density at radius 2 is 1.77 bits per heavy atom. The van der Waals surface area contributed by atoms with E-state index in [1.54, 1.807) is 36.3 Å². The van der Waals surface area contributed by atoms with E-state index in [0.29, 0.717) is 23.0 Å². The molecule has 0 atom stereocenters. The normalized spacial score (nSPS) is 13.0. The van der Waals surface area contributed by atoms with E-state index in [1.165, 1.54) is 6.26 Å². The van der Waals surface area contributed by atoms with Crippen molar-refractivity contribution in [2.45, 2.75) is 66.4 Å². The van der Waals surface area contributed by atoms with Crippen LogP contribution < -0.4 is 10.2 Å². The van der Waals surface area contributed by atoms with E-state index in [9.17, 15) is 9.59 Å². The molecule has 0 unspecified atom stereocenters. The molecule has 0 spiro atoms. The average molecular weight is 483 g/mol. The van der Waals surface area contributed by atoms with Crippen molar-refractivity contribution in [1.29, 1.82) is 0 Å². The second-order valence-electron chi connectivity index (χ2n) is 10.4. The van der Waals surface area contributed by atoms with Gasteiger partial charge in [0.25, 0.3) is 5.91 Å². The van der Waals surface area contributed by atoms with Crippen molar-refractivity contribution < 1.29 is 18.7 Å². The number of hydrogen-bond acceptors (Lipinski definition) is 6. The summed E-state index contributed by atoms with van der Waals surface area (Å²) in [5.74, 6) is 0.194. The van der Waals surface area contributed by atoms with Gasteiger partial charge in [-0.1, -0.05) is 39.0 Å². The third-order valence-electron chi connectivity index (χ3n) is 4.74. The topological polar surface area (TPSA) is 89.6 Å². The molecular formula is C27H38N4O4. The molecule has 0 aliphatic carbocycles. The van der Waals surface area contributed by atoms with Gasteiger partial charge in [0.05, 0.1) is 5.56 Å². The molecule has 2 aromatic rings. The number of furan rings is 1. The van der Waals surface area contributed by atoms with Gasteiger partial charge in [0, 0.05) is 25.2 Å². The number of anilines is 2. The minimum absolute atomic E-state index is 0.0994. The summed E-state index contributed by atoms with van der Waals surface area (Å²) >= 11 is 0. The average Bonchev–Trinajstić information content (AvgIpc) is 3.35. The summed E-state index contributed by atoms with van der Waals surface area (Å²) in [5, 5.41) is 2.80. The van der Waals surface area contributed by atoms with E-state index in [1.807, 2.05) is 79.1 Å². The lowest BCUT2D eigenvalue weighted by molar-refractivity contribution is 0.00622. The Hall–Kier alpha value is -3.55. The van der Waals surface area contributed by atoms with Crippen LogP contribution in [-0.2, 0) is 10.2 Å². The van der Waals surface area contributed by atoms with Gasteiger partial charge in [-0.25, -0.2) is 4.79 Å². The zero-order valence-corrected chi connectivity index (χ0v) is 22.5. The van der Waals surface area contributed by atoms with E-state index in [0.717, 1.165) is 0 Å². The predicted molar refractivity (Wildman–Crippen MR) is 141 cm³/mol. The number of amides is 1. The molecule has 0 radical (unpaired) electrons. The number of ether oxygens (including phenoxy) is 1. The van der Waals surface area contributed by atoms with Gasteiger partial charge in [0.1, 0.15) is 17.6 Å². The van der Waals surface area contributed by atoms with Crippen LogP contribution in [0.3, 0.4) is 0 Å². The Labute approximate surface area is 208 Å². The Balaban J connectivity index is 2.71. The maximum absolute atomic E-state index is 13.4. The van der Waals surface area contributed by atoms with E-state index in [2.05, 4.69) is 10.3 Å². The van der Waals surface area contributed by atoms with E-state index in [-0.39, 0.29) is 16.9 Å². The molecule has 0 fully saturated rings. The molecule has 2 aromatic heterocycles. The van der Waals surface area contributed by atoms with Crippen LogP contribution in [0.5, 0.6) is 0 Å². The standard InChI is InChI=1S/C27H38N4O4/c1-11-13-15-19(14-12-2)31-21(24(33)35-27(6,7)8)22(29-25(31)30(9)10)28-23(32)18-16-20(34-17-18)26(3,4)5/h11-17H,1-10H3,(H,28,32)/b13-11-,14-12-,19-15+. The summed E-state index contributed by atoms with van der Waals surface area (Å²) < 4.78 is 13.0. The molecule has 0 aromatic carbocycles. The van der Waals surface area contributed by atoms with Crippen LogP contribution in [0.25, 0.3) is 5.70 Å². The highest BCUT2D eigenvalue weighted by Gasteiger charge is 2.31. The molecule has 0 bridgehead atoms. The van der Waals surface area contributed by atoms with E-state index >= 15 is 0 Å². The highest BCUT2D eigenvalue weighted by atomic mass is 16.6. The third kappa shape index (κ3) is 6.97. The third-order valence-corrected chi connectivity index (χ3v) is 4.74. The molecule has 190 valence electrons. The van der Waals surface area contributed by atoms with Crippen molar-refractivity contribution >= 4 is 29.3 Å². The summed E-state index contributed by atoms with van der Waals surface area (Å²) in [7, 11) is 3.63. The minimum atomic E-state index is -0.744. The lowest BCUT2D eigenvalue weighted by Crippen LogP contribution is -2.27. The molecule has 0 saturated heterocycles. The monoisotopic (exact) mass is 482 g/mol. The van der Waals surface area contributed by atoms with Crippen LogP contribution in [-0.4, -0.2) is 41.1 Å². The summed E-state index contributed by atoms with van der Waals surface area (Å²) in [6, 6.07) is 1.70. The predicted octanol–water partition coefficient (Wildman–Crippen LogP) is 6.04. The van der Waals surface area contributed by atoms with E-state index in [4.69, 9.17) is 9.15 Å². The Morgan fingerprint density at radius 3 is 2.26 bits per heavy atom.